The molecule has 4 atom stereocenters. The Kier molecular flexibility index (Phi) is 6.03. The molecule has 1 saturated carbocycles. The molecule has 0 unspecified atom stereocenters. The van der Waals surface area contributed by atoms with Crippen LogP contribution < -0.4 is 39.4 Å². The predicted octanol–water partition coefficient (Wildman–Crippen LogP) is 5.02. The summed E-state index contributed by atoms with van der Waals surface area (Å²) in [5.74, 6) is 2.51. The van der Waals surface area contributed by atoms with Gasteiger partial charge in [-0.15, -0.1) is 0 Å². The third-order valence-corrected chi connectivity index (χ3v) is 10.2. The summed E-state index contributed by atoms with van der Waals surface area (Å²) in [4.78, 5) is 28.7. The molecule has 1 aliphatic carbocycles. The van der Waals surface area contributed by atoms with Gasteiger partial charge in [0.1, 0.15) is 28.0 Å². The highest BCUT2D eigenvalue weighted by Crippen LogP contribution is 2.62. The number of aryl methyl sites for hydroxylation is 2. The average Bonchev–Trinajstić information content (AvgIpc) is 2.99. The molecule has 3 aliphatic rings. The van der Waals surface area contributed by atoms with Gasteiger partial charge in [-0.3, -0.25) is 9.59 Å². The normalized spacial score (nSPS) is 24.4. The first-order chi connectivity index (χ1) is 20.9. The van der Waals surface area contributed by atoms with Crippen LogP contribution in [0.4, 0.5) is 0 Å². The zero-order chi connectivity index (χ0) is 31.5. The molecule has 1 fully saturated rings. The maximum absolute atomic E-state index is 14.4. The fraction of sp³-hybridized carbons (Fsp3) is 0.471. The fourth-order valence-corrected chi connectivity index (χ4v) is 8.52. The molecule has 2 aromatic heterocycles. The summed E-state index contributed by atoms with van der Waals surface area (Å²) in [5, 5.41) is 1.31. The SMILES string of the molecule is COc1ccc2c(=O)c3c(n(C)c2c1OC)OC(C)(C)[C@@H]1[C@@H]3C[C@]2(C)C[C@H]1c1c(c3ccc(OC)c(OC)c3n(C)c1=O)O2. The van der Waals surface area contributed by atoms with Crippen molar-refractivity contribution < 1.29 is 28.4 Å². The van der Waals surface area contributed by atoms with E-state index in [0.717, 1.165) is 5.39 Å². The first-order valence-corrected chi connectivity index (χ1v) is 14.8. The molecule has 0 amide bonds. The number of rotatable bonds is 4. The van der Waals surface area contributed by atoms with Gasteiger partial charge in [0.2, 0.25) is 5.88 Å². The molecule has 2 aromatic carbocycles. The lowest BCUT2D eigenvalue weighted by Crippen LogP contribution is -2.58. The van der Waals surface area contributed by atoms with Gasteiger partial charge in [-0.2, -0.15) is 0 Å². The summed E-state index contributed by atoms with van der Waals surface area (Å²) in [6.45, 7) is 6.20. The number of ether oxygens (including phenoxy) is 6. The second-order valence-electron chi connectivity index (χ2n) is 13.0. The van der Waals surface area contributed by atoms with Gasteiger partial charge in [0.05, 0.1) is 45.0 Å². The second kappa shape index (κ2) is 9.33. The van der Waals surface area contributed by atoms with Crippen LogP contribution in [-0.2, 0) is 14.1 Å². The molecule has 0 saturated heterocycles. The van der Waals surface area contributed by atoms with E-state index < -0.39 is 11.2 Å². The molecular weight excluding hydrogens is 564 g/mol. The van der Waals surface area contributed by atoms with Crippen molar-refractivity contribution >= 4 is 21.8 Å². The molecular formula is C34H38N2O8. The van der Waals surface area contributed by atoms with E-state index in [9.17, 15) is 9.59 Å². The highest BCUT2D eigenvalue weighted by atomic mass is 16.5. The van der Waals surface area contributed by atoms with Crippen molar-refractivity contribution in [2.45, 2.75) is 56.7 Å². The topological polar surface area (TPSA) is 99.4 Å². The summed E-state index contributed by atoms with van der Waals surface area (Å²) in [5.41, 5.74) is 0.839. The maximum Gasteiger partial charge on any atom is 0.258 e. The Morgan fingerprint density at radius 2 is 1.27 bits per heavy atom. The molecule has 4 aromatic rings. The van der Waals surface area contributed by atoms with Crippen molar-refractivity contribution in [1.29, 1.82) is 0 Å². The number of nitrogens with zero attached hydrogens (tertiary/aromatic N) is 2. The summed E-state index contributed by atoms with van der Waals surface area (Å²) < 4.78 is 39.8. The third kappa shape index (κ3) is 3.53. The van der Waals surface area contributed by atoms with Crippen molar-refractivity contribution in [2.24, 2.45) is 20.0 Å². The minimum absolute atomic E-state index is 0.105. The van der Waals surface area contributed by atoms with Gasteiger partial charge in [0.15, 0.2) is 28.4 Å². The quantitative estimate of drug-likeness (QED) is 0.321. The van der Waals surface area contributed by atoms with E-state index in [1.54, 1.807) is 52.2 Å². The number of benzene rings is 2. The zero-order valence-corrected chi connectivity index (χ0v) is 26.6. The van der Waals surface area contributed by atoms with Crippen LogP contribution in [0.25, 0.3) is 21.8 Å². The summed E-state index contributed by atoms with van der Waals surface area (Å²) in [6.07, 6.45) is 1.22. The number of methoxy groups -OCH3 is 4. The summed E-state index contributed by atoms with van der Waals surface area (Å²) in [6, 6.07) is 7.31. The van der Waals surface area contributed by atoms with E-state index in [4.69, 9.17) is 28.4 Å². The Hall–Kier alpha value is -4.34. The number of aromatic nitrogens is 2. The first-order valence-electron chi connectivity index (χ1n) is 14.8. The molecule has 10 heteroatoms. The van der Waals surface area contributed by atoms with E-state index in [0.29, 0.717) is 75.0 Å². The van der Waals surface area contributed by atoms with Crippen LogP contribution in [0.5, 0.6) is 34.6 Å². The Morgan fingerprint density at radius 1 is 0.727 bits per heavy atom. The Labute approximate surface area is 255 Å². The maximum atomic E-state index is 14.4. The first kappa shape index (κ1) is 28.4. The lowest BCUT2D eigenvalue weighted by Gasteiger charge is -2.57. The van der Waals surface area contributed by atoms with Crippen LogP contribution in [0.15, 0.2) is 33.9 Å². The van der Waals surface area contributed by atoms with Crippen LogP contribution in [0.2, 0.25) is 0 Å². The average molecular weight is 603 g/mol. The van der Waals surface area contributed by atoms with Gasteiger partial charge in [-0.25, -0.2) is 0 Å². The van der Waals surface area contributed by atoms with Crippen LogP contribution in [-0.4, -0.2) is 48.8 Å². The van der Waals surface area contributed by atoms with E-state index in [2.05, 4.69) is 20.8 Å². The van der Waals surface area contributed by atoms with Crippen molar-refractivity contribution in [2.75, 3.05) is 28.4 Å². The third-order valence-electron chi connectivity index (χ3n) is 10.2. The van der Waals surface area contributed by atoms with Gasteiger partial charge < -0.3 is 37.6 Å². The minimum Gasteiger partial charge on any atom is -0.493 e. The largest absolute Gasteiger partial charge is 0.493 e. The summed E-state index contributed by atoms with van der Waals surface area (Å²) in [7, 11) is 9.92. The number of fused-ring (bicyclic) bond motifs is 11. The van der Waals surface area contributed by atoms with Crippen LogP contribution in [0, 0.1) is 5.92 Å². The van der Waals surface area contributed by atoms with Crippen LogP contribution in [0.3, 0.4) is 0 Å². The number of hydrogen-bond donors (Lipinski definition) is 0. The highest BCUT2D eigenvalue weighted by Gasteiger charge is 2.59. The molecule has 232 valence electrons. The second-order valence-corrected chi connectivity index (χ2v) is 13.0. The molecule has 0 spiro atoms. The predicted molar refractivity (Wildman–Crippen MR) is 167 cm³/mol. The molecule has 2 aliphatic heterocycles. The molecule has 0 radical (unpaired) electrons. The van der Waals surface area contributed by atoms with Gasteiger partial charge in [0.25, 0.3) is 5.56 Å². The van der Waals surface area contributed by atoms with Crippen LogP contribution >= 0.6 is 0 Å². The Balaban J connectivity index is 1.51. The molecule has 2 bridgehead atoms. The Bertz CT molecular complexity index is 1980. The molecule has 7 rings (SSSR count). The van der Waals surface area contributed by atoms with Crippen molar-refractivity contribution in [3.05, 3.63) is 56.0 Å². The van der Waals surface area contributed by atoms with Crippen molar-refractivity contribution in [3.8, 4) is 34.6 Å². The van der Waals surface area contributed by atoms with E-state index in [1.165, 1.54) is 0 Å². The van der Waals surface area contributed by atoms with Crippen molar-refractivity contribution in [3.63, 3.8) is 0 Å². The smallest absolute Gasteiger partial charge is 0.258 e. The van der Waals surface area contributed by atoms with E-state index >= 15 is 0 Å². The highest BCUT2D eigenvalue weighted by molar-refractivity contribution is 5.94. The van der Waals surface area contributed by atoms with Gasteiger partial charge in [0, 0.05) is 37.2 Å². The lowest BCUT2D eigenvalue weighted by molar-refractivity contribution is -0.0833. The number of hydrogen-bond acceptors (Lipinski definition) is 8. The van der Waals surface area contributed by atoms with Gasteiger partial charge in [-0.1, -0.05) is 0 Å². The monoisotopic (exact) mass is 602 g/mol. The zero-order valence-electron chi connectivity index (χ0n) is 26.6. The van der Waals surface area contributed by atoms with E-state index in [1.807, 2.05) is 23.7 Å². The van der Waals surface area contributed by atoms with Gasteiger partial charge in [-0.05, 0) is 57.9 Å². The fourth-order valence-electron chi connectivity index (χ4n) is 8.52. The molecule has 10 nitrogen and oxygen atoms in total. The lowest BCUT2D eigenvalue weighted by atomic mass is 9.56. The molecule has 44 heavy (non-hydrogen) atoms. The Morgan fingerprint density at radius 3 is 1.84 bits per heavy atom. The van der Waals surface area contributed by atoms with Gasteiger partial charge >= 0.3 is 0 Å². The van der Waals surface area contributed by atoms with E-state index in [-0.39, 0.29) is 28.7 Å². The van der Waals surface area contributed by atoms with Crippen LogP contribution in [0.1, 0.15) is 56.6 Å². The minimum atomic E-state index is -0.722. The number of pyridine rings is 2. The molecule has 0 N–H and O–H groups in total. The molecule has 4 heterocycles. The standard InChI is InChI=1S/C34H38N2O8/c1-33(2)24-18(22-27(37)16-10-12-20(39-6)29(41-8)25(16)36(5)32(22)44-33)14-34(3)15-19(24)23-28(43-34)17-11-13-21(40-7)30(42-9)26(17)35(4)31(23)38/h10-13,18-19,24H,14-15H2,1-9H3/t18-,19+,24-,34-/m1/s1. The van der Waals surface area contributed by atoms with Crippen molar-refractivity contribution in [1.82, 2.24) is 9.13 Å². The summed E-state index contributed by atoms with van der Waals surface area (Å²) >= 11 is 0.